The average Bonchev–Trinajstić information content (AvgIpc) is 2.20. The van der Waals surface area contributed by atoms with Gasteiger partial charge in [-0.1, -0.05) is 0 Å². The number of rotatable bonds is 4. The first-order valence-electron chi connectivity index (χ1n) is 4.34. The SMILES string of the molecule is CCn1ncc(NCC(F)F)c(Br)c1=O. The number of aryl methyl sites for hydroxylation is 1. The van der Waals surface area contributed by atoms with E-state index in [1.54, 1.807) is 6.92 Å². The second-order valence-corrected chi connectivity index (χ2v) is 3.56. The third-order valence-corrected chi connectivity index (χ3v) is 2.50. The van der Waals surface area contributed by atoms with E-state index >= 15 is 0 Å². The fraction of sp³-hybridized carbons (Fsp3) is 0.500. The van der Waals surface area contributed by atoms with Crippen molar-refractivity contribution in [2.24, 2.45) is 0 Å². The lowest BCUT2D eigenvalue weighted by molar-refractivity contribution is 0.163. The van der Waals surface area contributed by atoms with E-state index < -0.39 is 13.0 Å². The summed E-state index contributed by atoms with van der Waals surface area (Å²) in [5.41, 5.74) is -0.0539. The molecular formula is C8H10BrF2N3O. The van der Waals surface area contributed by atoms with Gasteiger partial charge >= 0.3 is 0 Å². The molecule has 0 unspecified atom stereocenters. The van der Waals surface area contributed by atoms with Crippen molar-refractivity contribution in [3.8, 4) is 0 Å². The Hall–Kier alpha value is -0.980. The molecular weight excluding hydrogens is 272 g/mol. The fourth-order valence-electron chi connectivity index (χ4n) is 1.00. The van der Waals surface area contributed by atoms with Gasteiger partial charge < -0.3 is 5.32 Å². The van der Waals surface area contributed by atoms with Crippen molar-refractivity contribution < 1.29 is 8.78 Å². The van der Waals surface area contributed by atoms with Crippen LogP contribution < -0.4 is 10.9 Å². The molecule has 0 spiro atoms. The van der Waals surface area contributed by atoms with Crippen molar-refractivity contribution in [2.45, 2.75) is 19.9 Å². The quantitative estimate of drug-likeness (QED) is 0.914. The van der Waals surface area contributed by atoms with E-state index in [4.69, 9.17) is 0 Å². The fourth-order valence-corrected chi connectivity index (χ4v) is 1.45. The van der Waals surface area contributed by atoms with E-state index in [0.717, 1.165) is 0 Å². The zero-order chi connectivity index (χ0) is 11.4. The Kier molecular flexibility index (Phi) is 4.19. The van der Waals surface area contributed by atoms with E-state index in [0.29, 0.717) is 6.54 Å². The van der Waals surface area contributed by atoms with Crippen LogP contribution >= 0.6 is 15.9 Å². The average molecular weight is 282 g/mol. The van der Waals surface area contributed by atoms with Gasteiger partial charge in [0.1, 0.15) is 4.47 Å². The molecule has 1 aromatic rings. The lowest BCUT2D eigenvalue weighted by Crippen LogP contribution is -2.24. The van der Waals surface area contributed by atoms with Crippen LogP contribution in [0.15, 0.2) is 15.5 Å². The van der Waals surface area contributed by atoms with Gasteiger partial charge in [-0.3, -0.25) is 4.79 Å². The predicted molar refractivity (Wildman–Crippen MR) is 56.4 cm³/mol. The first-order chi connectivity index (χ1) is 7.06. The Morgan fingerprint density at radius 1 is 1.67 bits per heavy atom. The third kappa shape index (κ3) is 2.98. The minimum atomic E-state index is -2.47. The maximum atomic E-state index is 11.9. The van der Waals surface area contributed by atoms with E-state index in [1.807, 2.05) is 0 Å². The number of anilines is 1. The number of nitrogens with one attached hydrogen (secondary N) is 1. The van der Waals surface area contributed by atoms with Crippen molar-refractivity contribution >= 4 is 21.6 Å². The van der Waals surface area contributed by atoms with Crippen LogP contribution in [0.3, 0.4) is 0 Å². The van der Waals surface area contributed by atoms with Gasteiger partial charge in [0.25, 0.3) is 12.0 Å². The molecule has 0 fully saturated rings. The summed E-state index contributed by atoms with van der Waals surface area (Å²) in [5.74, 6) is 0. The predicted octanol–water partition coefficient (Wildman–Crippen LogP) is 1.70. The Morgan fingerprint density at radius 3 is 2.87 bits per heavy atom. The molecule has 15 heavy (non-hydrogen) atoms. The molecule has 0 aliphatic heterocycles. The highest BCUT2D eigenvalue weighted by molar-refractivity contribution is 9.10. The first-order valence-corrected chi connectivity index (χ1v) is 5.13. The standard InChI is InChI=1S/C8H10BrF2N3O/c1-2-14-8(15)7(9)5(3-13-14)12-4-6(10)11/h3,6,12H,2,4H2,1H3. The summed E-state index contributed by atoms with van der Waals surface area (Å²) in [4.78, 5) is 11.5. The molecule has 0 saturated heterocycles. The molecule has 1 rings (SSSR count). The van der Waals surface area contributed by atoms with E-state index in [9.17, 15) is 13.6 Å². The normalized spacial score (nSPS) is 10.7. The summed E-state index contributed by atoms with van der Waals surface area (Å²) in [6.45, 7) is 1.70. The molecule has 7 heteroatoms. The number of alkyl halides is 2. The van der Waals surface area contributed by atoms with Gasteiger partial charge in [-0.15, -0.1) is 0 Å². The number of aromatic nitrogens is 2. The van der Waals surface area contributed by atoms with Crippen LogP contribution in [0.4, 0.5) is 14.5 Å². The molecule has 0 bridgehead atoms. The maximum absolute atomic E-state index is 11.9. The number of halogens is 3. The van der Waals surface area contributed by atoms with Crippen LogP contribution in [0.1, 0.15) is 6.92 Å². The largest absolute Gasteiger partial charge is 0.377 e. The van der Waals surface area contributed by atoms with Gasteiger partial charge in [0.15, 0.2) is 0 Å². The molecule has 1 N–H and O–H groups in total. The highest BCUT2D eigenvalue weighted by Gasteiger charge is 2.09. The van der Waals surface area contributed by atoms with E-state index in [-0.39, 0.29) is 15.7 Å². The Morgan fingerprint density at radius 2 is 2.33 bits per heavy atom. The molecule has 0 aromatic carbocycles. The summed E-state index contributed by atoms with van der Waals surface area (Å²) in [7, 11) is 0. The van der Waals surface area contributed by atoms with Gasteiger partial charge in [-0.2, -0.15) is 5.10 Å². The number of nitrogens with zero attached hydrogens (tertiary/aromatic N) is 2. The van der Waals surface area contributed by atoms with Crippen LogP contribution in [-0.4, -0.2) is 22.8 Å². The van der Waals surface area contributed by atoms with E-state index in [1.165, 1.54) is 10.9 Å². The van der Waals surface area contributed by atoms with Crippen molar-refractivity contribution in [3.05, 3.63) is 21.0 Å². The van der Waals surface area contributed by atoms with Crippen molar-refractivity contribution in [1.29, 1.82) is 0 Å². The Labute approximate surface area is 93.4 Å². The van der Waals surface area contributed by atoms with E-state index in [2.05, 4.69) is 26.3 Å². The summed E-state index contributed by atoms with van der Waals surface area (Å²) in [5, 5.41) is 6.23. The number of hydrogen-bond donors (Lipinski definition) is 1. The monoisotopic (exact) mass is 281 g/mol. The molecule has 0 saturated carbocycles. The topological polar surface area (TPSA) is 46.9 Å². The summed E-state index contributed by atoms with van der Waals surface area (Å²) >= 11 is 3.04. The number of hydrogen-bond acceptors (Lipinski definition) is 3. The molecule has 1 heterocycles. The smallest absolute Gasteiger partial charge is 0.283 e. The summed E-state index contributed by atoms with van der Waals surface area (Å²) in [6, 6.07) is 0. The van der Waals surface area contributed by atoms with Crippen molar-refractivity contribution in [2.75, 3.05) is 11.9 Å². The van der Waals surface area contributed by atoms with Crippen LogP contribution in [0, 0.1) is 0 Å². The molecule has 84 valence electrons. The molecule has 0 radical (unpaired) electrons. The molecule has 0 aliphatic carbocycles. The Balaban J connectivity index is 2.92. The highest BCUT2D eigenvalue weighted by Crippen LogP contribution is 2.16. The van der Waals surface area contributed by atoms with Crippen molar-refractivity contribution in [1.82, 2.24) is 9.78 Å². The minimum absolute atomic E-state index is 0.222. The lowest BCUT2D eigenvalue weighted by atomic mass is 10.4. The van der Waals surface area contributed by atoms with Gasteiger partial charge in [0, 0.05) is 6.54 Å². The maximum Gasteiger partial charge on any atom is 0.283 e. The summed E-state index contributed by atoms with van der Waals surface area (Å²) in [6.07, 6.45) is -1.12. The molecule has 1 aromatic heterocycles. The minimum Gasteiger partial charge on any atom is -0.377 e. The Bertz CT molecular complexity index is 394. The molecule has 4 nitrogen and oxygen atoms in total. The second kappa shape index (κ2) is 5.20. The second-order valence-electron chi connectivity index (χ2n) is 2.77. The highest BCUT2D eigenvalue weighted by atomic mass is 79.9. The van der Waals surface area contributed by atoms with Crippen LogP contribution in [0.2, 0.25) is 0 Å². The van der Waals surface area contributed by atoms with Gasteiger partial charge in [0.2, 0.25) is 0 Å². The van der Waals surface area contributed by atoms with Crippen molar-refractivity contribution in [3.63, 3.8) is 0 Å². The zero-order valence-corrected chi connectivity index (χ0v) is 9.59. The van der Waals surface area contributed by atoms with Gasteiger partial charge in [-0.05, 0) is 22.9 Å². The van der Waals surface area contributed by atoms with Crippen LogP contribution in [-0.2, 0) is 6.54 Å². The lowest BCUT2D eigenvalue weighted by Gasteiger charge is -2.08. The third-order valence-electron chi connectivity index (χ3n) is 1.73. The molecule has 0 amide bonds. The molecule has 0 aliphatic rings. The summed E-state index contributed by atoms with van der Waals surface area (Å²) < 4.78 is 25.3. The zero-order valence-electron chi connectivity index (χ0n) is 8.01. The first kappa shape index (κ1) is 12.1. The van der Waals surface area contributed by atoms with Gasteiger partial charge in [0.05, 0.1) is 18.4 Å². The van der Waals surface area contributed by atoms with Gasteiger partial charge in [-0.25, -0.2) is 13.5 Å². The molecule has 0 atom stereocenters. The van der Waals surface area contributed by atoms with Crippen LogP contribution in [0.5, 0.6) is 0 Å². The van der Waals surface area contributed by atoms with Crippen LogP contribution in [0.25, 0.3) is 0 Å².